The fourth-order valence-corrected chi connectivity index (χ4v) is 2.12. The first-order valence-electron chi connectivity index (χ1n) is 6.51. The van der Waals surface area contributed by atoms with Gasteiger partial charge in [0, 0.05) is 17.0 Å². The van der Waals surface area contributed by atoms with Crippen LogP contribution in [-0.4, -0.2) is 24.4 Å². The van der Waals surface area contributed by atoms with Gasteiger partial charge in [0.2, 0.25) is 0 Å². The molecule has 1 N–H and O–H groups in total. The summed E-state index contributed by atoms with van der Waals surface area (Å²) >= 11 is 1.73. The number of ether oxygens (including phenoxy) is 1. The Morgan fingerprint density at radius 1 is 1.28 bits per heavy atom. The van der Waals surface area contributed by atoms with Crippen LogP contribution in [0, 0.1) is 0 Å². The molecule has 2 nitrogen and oxygen atoms in total. The Kier molecular flexibility index (Phi) is 6.03. The quantitative estimate of drug-likeness (QED) is 0.788. The monoisotopic (exact) mass is 267 g/mol. The van der Waals surface area contributed by atoms with Crippen molar-refractivity contribution in [2.75, 3.05) is 12.8 Å². The maximum Gasteiger partial charge on any atom is 0.133 e. The summed E-state index contributed by atoms with van der Waals surface area (Å²) in [7, 11) is 0. The van der Waals surface area contributed by atoms with E-state index >= 15 is 0 Å². The van der Waals surface area contributed by atoms with Crippen molar-refractivity contribution in [2.24, 2.45) is 0 Å². The Morgan fingerprint density at radius 3 is 2.50 bits per heavy atom. The molecule has 0 heterocycles. The molecule has 0 aromatic heterocycles. The topological polar surface area (TPSA) is 21.3 Å². The van der Waals surface area contributed by atoms with Gasteiger partial charge in [-0.15, -0.1) is 11.8 Å². The van der Waals surface area contributed by atoms with Crippen molar-refractivity contribution in [3.63, 3.8) is 0 Å². The van der Waals surface area contributed by atoms with Crippen LogP contribution in [0.5, 0.6) is 5.75 Å². The zero-order valence-electron chi connectivity index (χ0n) is 12.1. The lowest BCUT2D eigenvalue weighted by Crippen LogP contribution is -2.42. The second-order valence-corrected chi connectivity index (χ2v) is 6.28. The molecule has 3 heteroatoms. The van der Waals surface area contributed by atoms with Gasteiger partial charge in [0.25, 0.3) is 0 Å². The maximum absolute atomic E-state index is 6.10. The van der Waals surface area contributed by atoms with Crippen LogP contribution in [0.4, 0.5) is 0 Å². The summed E-state index contributed by atoms with van der Waals surface area (Å²) in [5, 5.41) is 3.50. The van der Waals surface area contributed by atoms with Gasteiger partial charge >= 0.3 is 0 Å². The SMILES string of the molecule is CCC(CNC(C)(C)C)Oc1ccccc1SC. The molecule has 0 aliphatic heterocycles. The van der Waals surface area contributed by atoms with Crippen molar-refractivity contribution in [3.05, 3.63) is 24.3 Å². The van der Waals surface area contributed by atoms with Crippen LogP contribution in [0.15, 0.2) is 29.2 Å². The second-order valence-electron chi connectivity index (χ2n) is 5.43. The molecule has 0 bridgehead atoms. The van der Waals surface area contributed by atoms with E-state index in [9.17, 15) is 0 Å². The zero-order valence-corrected chi connectivity index (χ0v) is 12.9. The van der Waals surface area contributed by atoms with E-state index < -0.39 is 0 Å². The molecule has 0 aliphatic rings. The molecule has 0 fully saturated rings. The van der Waals surface area contributed by atoms with E-state index in [0.29, 0.717) is 0 Å². The summed E-state index contributed by atoms with van der Waals surface area (Å²) in [6.07, 6.45) is 3.31. The summed E-state index contributed by atoms with van der Waals surface area (Å²) in [5.74, 6) is 0.993. The number of hydrogen-bond donors (Lipinski definition) is 1. The van der Waals surface area contributed by atoms with Gasteiger partial charge in [-0.2, -0.15) is 0 Å². The lowest BCUT2D eigenvalue weighted by Gasteiger charge is -2.26. The van der Waals surface area contributed by atoms with Gasteiger partial charge in [0.15, 0.2) is 0 Å². The molecule has 0 amide bonds. The van der Waals surface area contributed by atoms with E-state index in [-0.39, 0.29) is 11.6 Å². The molecule has 0 spiro atoms. The average Bonchev–Trinajstić information content (AvgIpc) is 2.33. The molecule has 0 aliphatic carbocycles. The van der Waals surface area contributed by atoms with Crippen LogP contribution in [0.2, 0.25) is 0 Å². The zero-order chi connectivity index (χ0) is 13.6. The smallest absolute Gasteiger partial charge is 0.133 e. The van der Waals surface area contributed by atoms with Crippen LogP contribution in [-0.2, 0) is 0 Å². The lowest BCUT2D eigenvalue weighted by atomic mass is 10.1. The van der Waals surface area contributed by atoms with Crippen LogP contribution >= 0.6 is 11.8 Å². The highest BCUT2D eigenvalue weighted by molar-refractivity contribution is 7.98. The third-order valence-electron chi connectivity index (χ3n) is 2.68. The number of benzene rings is 1. The molecule has 1 aromatic carbocycles. The summed E-state index contributed by atoms with van der Waals surface area (Å²) in [6.45, 7) is 9.57. The van der Waals surface area contributed by atoms with Crippen molar-refractivity contribution in [1.29, 1.82) is 0 Å². The molecule has 0 radical (unpaired) electrons. The van der Waals surface area contributed by atoms with Crippen LogP contribution < -0.4 is 10.1 Å². The van der Waals surface area contributed by atoms with Crippen LogP contribution in [0.3, 0.4) is 0 Å². The van der Waals surface area contributed by atoms with Gasteiger partial charge in [0.05, 0.1) is 0 Å². The van der Waals surface area contributed by atoms with Gasteiger partial charge in [-0.1, -0.05) is 19.1 Å². The Bertz CT molecular complexity index is 360. The first-order chi connectivity index (χ1) is 8.46. The Morgan fingerprint density at radius 2 is 1.94 bits per heavy atom. The summed E-state index contributed by atoms with van der Waals surface area (Å²) in [5.41, 5.74) is 0.135. The highest BCUT2D eigenvalue weighted by Crippen LogP contribution is 2.28. The standard InChI is InChI=1S/C15H25NOS/c1-6-12(11-16-15(2,3)4)17-13-9-7-8-10-14(13)18-5/h7-10,12,16H,6,11H2,1-5H3. The normalized spacial score (nSPS) is 13.4. The first-order valence-corrected chi connectivity index (χ1v) is 7.73. The Balaban J connectivity index is 2.62. The Hall–Kier alpha value is -0.670. The van der Waals surface area contributed by atoms with E-state index in [4.69, 9.17) is 4.74 Å². The van der Waals surface area contributed by atoms with Crippen molar-refractivity contribution in [2.45, 2.75) is 50.7 Å². The van der Waals surface area contributed by atoms with Gasteiger partial charge in [-0.05, 0) is 45.6 Å². The van der Waals surface area contributed by atoms with Gasteiger partial charge < -0.3 is 10.1 Å². The fourth-order valence-electron chi connectivity index (χ4n) is 1.59. The lowest BCUT2D eigenvalue weighted by molar-refractivity contribution is 0.177. The molecule has 1 unspecified atom stereocenters. The largest absolute Gasteiger partial charge is 0.488 e. The highest BCUT2D eigenvalue weighted by atomic mass is 32.2. The number of nitrogens with one attached hydrogen (secondary N) is 1. The van der Waals surface area contributed by atoms with E-state index in [1.54, 1.807) is 11.8 Å². The van der Waals surface area contributed by atoms with Gasteiger partial charge in [0.1, 0.15) is 11.9 Å². The fraction of sp³-hybridized carbons (Fsp3) is 0.600. The number of para-hydroxylation sites is 1. The van der Waals surface area contributed by atoms with Crippen LogP contribution in [0.1, 0.15) is 34.1 Å². The van der Waals surface area contributed by atoms with Crippen molar-refractivity contribution < 1.29 is 4.74 Å². The molecule has 102 valence electrons. The van der Waals surface area contributed by atoms with E-state index in [0.717, 1.165) is 18.7 Å². The molecule has 1 aromatic rings. The van der Waals surface area contributed by atoms with Crippen molar-refractivity contribution in [3.8, 4) is 5.75 Å². The van der Waals surface area contributed by atoms with Crippen molar-refractivity contribution >= 4 is 11.8 Å². The van der Waals surface area contributed by atoms with E-state index in [2.05, 4.69) is 45.3 Å². The maximum atomic E-state index is 6.10. The molecule has 1 rings (SSSR count). The molecule has 18 heavy (non-hydrogen) atoms. The minimum absolute atomic E-state index is 0.135. The van der Waals surface area contributed by atoms with Crippen molar-refractivity contribution in [1.82, 2.24) is 5.32 Å². The van der Waals surface area contributed by atoms with Gasteiger partial charge in [-0.25, -0.2) is 0 Å². The molecule has 0 saturated heterocycles. The van der Waals surface area contributed by atoms with Gasteiger partial charge in [-0.3, -0.25) is 0 Å². The molecular formula is C15H25NOS. The predicted octanol–water partition coefficient (Wildman–Crippen LogP) is 3.95. The summed E-state index contributed by atoms with van der Waals surface area (Å²) in [6, 6.07) is 8.22. The molecule has 0 saturated carbocycles. The number of hydrogen-bond acceptors (Lipinski definition) is 3. The molecule has 1 atom stereocenters. The third-order valence-corrected chi connectivity index (χ3v) is 3.46. The molecular weight excluding hydrogens is 242 g/mol. The van der Waals surface area contributed by atoms with E-state index in [1.165, 1.54) is 4.90 Å². The summed E-state index contributed by atoms with van der Waals surface area (Å²) < 4.78 is 6.10. The van der Waals surface area contributed by atoms with E-state index in [1.807, 2.05) is 18.2 Å². The number of thioether (sulfide) groups is 1. The third kappa shape index (κ3) is 5.32. The first kappa shape index (κ1) is 15.4. The minimum atomic E-state index is 0.135. The predicted molar refractivity (Wildman–Crippen MR) is 80.7 cm³/mol. The number of rotatable bonds is 6. The Labute approximate surface area is 116 Å². The minimum Gasteiger partial charge on any atom is -0.488 e. The average molecular weight is 267 g/mol. The highest BCUT2D eigenvalue weighted by Gasteiger charge is 2.15. The van der Waals surface area contributed by atoms with Crippen LogP contribution in [0.25, 0.3) is 0 Å². The second kappa shape index (κ2) is 7.05. The summed E-state index contributed by atoms with van der Waals surface area (Å²) in [4.78, 5) is 1.20.